The third kappa shape index (κ3) is 3.66. The Bertz CT molecular complexity index is 1160. The first-order valence-corrected chi connectivity index (χ1v) is 9.91. The van der Waals surface area contributed by atoms with Gasteiger partial charge in [0.05, 0.1) is 23.6 Å². The quantitative estimate of drug-likeness (QED) is 0.554. The number of benzene rings is 2. The fourth-order valence-corrected chi connectivity index (χ4v) is 3.90. The number of hydrogen-bond acceptors (Lipinski definition) is 3. The Morgan fingerprint density at radius 1 is 1.14 bits per heavy atom. The number of amides is 1. The van der Waals surface area contributed by atoms with Crippen molar-refractivity contribution in [1.29, 1.82) is 0 Å². The molecule has 2 aromatic carbocycles. The highest BCUT2D eigenvalue weighted by Crippen LogP contribution is 2.47. The van der Waals surface area contributed by atoms with E-state index in [0.717, 1.165) is 35.1 Å². The molecule has 29 heavy (non-hydrogen) atoms. The number of nitrogens with zero attached hydrogens (tertiary/aromatic N) is 4. The van der Waals surface area contributed by atoms with E-state index in [9.17, 15) is 4.79 Å². The second kappa shape index (κ2) is 7.20. The summed E-state index contributed by atoms with van der Waals surface area (Å²) < 4.78 is 3.94. The van der Waals surface area contributed by atoms with Crippen LogP contribution in [-0.4, -0.2) is 25.2 Å². The lowest BCUT2D eigenvalue weighted by atomic mass is 10.1. The Kier molecular flexibility index (Phi) is 4.39. The molecule has 6 heteroatoms. The van der Waals surface area contributed by atoms with Crippen LogP contribution in [-0.2, 0) is 24.9 Å². The highest BCUT2D eigenvalue weighted by Gasteiger charge is 2.44. The van der Waals surface area contributed by atoms with E-state index in [1.807, 2.05) is 44.0 Å². The van der Waals surface area contributed by atoms with Crippen molar-refractivity contribution >= 4 is 16.9 Å². The number of aromatic nitrogens is 4. The maximum atomic E-state index is 12.4. The summed E-state index contributed by atoms with van der Waals surface area (Å²) in [4.78, 5) is 16.9. The topological polar surface area (TPSA) is 64.7 Å². The number of hydrogen-bond donors (Lipinski definition) is 1. The molecule has 146 valence electrons. The van der Waals surface area contributed by atoms with Crippen molar-refractivity contribution in [2.45, 2.75) is 25.4 Å². The molecule has 5 rings (SSSR count). The van der Waals surface area contributed by atoms with Crippen LogP contribution in [0.25, 0.3) is 11.0 Å². The second-order valence-corrected chi connectivity index (χ2v) is 7.79. The molecule has 0 spiro atoms. The molecule has 0 radical (unpaired) electrons. The number of nitrogens with one attached hydrogen (secondary N) is 1. The third-order valence-electron chi connectivity index (χ3n) is 5.65. The Labute approximate surface area is 169 Å². The minimum absolute atomic E-state index is 0.0768. The van der Waals surface area contributed by atoms with Crippen molar-refractivity contribution in [3.8, 4) is 0 Å². The molecule has 1 saturated carbocycles. The summed E-state index contributed by atoms with van der Waals surface area (Å²) in [6.45, 7) is 1.34. The monoisotopic (exact) mass is 385 g/mol. The molecule has 0 unspecified atom stereocenters. The van der Waals surface area contributed by atoms with E-state index in [-0.39, 0.29) is 11.8 Å². The van der Waals surface area contributed by atoms with Gasteiger partial charge in [0.2, 0.25) is 5.91 Å². The number of para-hydroxylation sites is 2. The second-order valence-electron chi connectivity index (χ2n) is 7.79. The first kappa shape index (κ1) is 17.7. The van der Waals surface area contributed by atoms with Gasteiger partial charge in [-0.3, -0.25) is 9.48 Å². The van der Waals surface area contributed by atoms with Gasteiger partial charge in [-0.15, -0.1) is 0 Å². The summed E-state index contributed by atoms with van der Waals surface area (Å²) in [5.74, 6) is 0.525. The zero-order valence-corrected chi connectivity index (χ0v) is 16.3. The first-order valence-electron chi connectivity index (χ1n) is 9.91. The predicted molar refractivity (Wildman–Crippen MR) is 111 cm³/mol. The zero-order chi connectivity index (χ0) is 19.8. The molecule has 0 saturated heterocycles. The Morgan fingerprint density at radius 3 is 2.72 bits per heavy atom. The van der Waals surface area contributed by atoms with E-state index >= 15 is 0 Å². The van der Waals surface area contributed by atoms with Crippen LogP contribution in [0.15, 0.2) is 67.3 Å². The van der Waals surface area contributed by atoms with Crippen LogP contribution in [0, 0.1) is 5.92 Å². The summed E-state index contributed by atoms with van der Waals surface area (Å²) in [6.07, 6.45) is 6.66. The molecule has 2 atom stereocenters. The zero-order valence-electron chi connectivity index (χ0n) is 16.3. The molecule has 2 heterocycles. The minimum Gasteiger partial charge on any atom is -0.352 e. The molecule has 1 fully saturated rings. The van der Waals surface area contributed by atoms with Crippen LogP contribution in [0.4, 0.5) is 0 Å². The SMILES string of the molecule is Cn1cc([C@H]2C[C@@H]2C(=O)NCc2ccc(Cn3cnc4ccccc43)cc2)cn1. The fraction of sp³-hybridized carbons (Fsp3) is 0.261. The number of carbonyl (C=O) groups excluding carboxylic acids is 1. The van der Waals surface area contributed by atoms with Crippen molar-refractivity contribution in [3.63, 3.8) is 0 Å². The van der Waals surface area contributed by atoms with Crippen LogP contribution in [0.3, 0.4) is 0 Å². The number of rotatable bonds is 6. The molecule has 1 amide bonds. The van der Waals surface area contributed by atoms with Crippen molar-refractivity contribution < 1.29 is 4.79 Å². The lowest BCUT2D eigenvalue weighted by Crippen LogP contribution is -2.24. The first-order chi connectivity index (χ1) is 14.2. The largest absolute Gasteiger partial charge is 0.352 e. The van der Waals surface area contributed by atoms with E-state index in [1.54, 1.807) is 4.68 Å². The molecule has 2 aromatic heterocycles. The van der Waals surface area contributed by atoms with Crippen molar-refractivity contribution in [3.05, 3.63) is 83.9 Å². The van der Waals surface area contributed by atoms with Crippen molar-refractivity contribution in [1.82, 2.24) is 24.6 Å². The average molecular weight is 385 g/mol. The van der Waals surface area contributed by atoms with Gasteiger partial charge in [0.25, 0.3) is 0 Å². The number of aryl methyl sites for hydroxylation is 1. The Morgan fingerprint density at radius 2 is 1.93 bits per heavy atom. The summed E-state index contributed by atoms with van der Waals surface area (Å²) >= 11 is 0. The molecule has 1 aliphatic carbocycles. The molecule has 4 aromatic rings. The van der Waals surface area contributed by atoms with E-state index in [0.29, 0.717) is 12.5 Å². The van der Waals surface area contributed by atoms with Crippen molar-refractivity contribution in [2.75, 3.05) is 0 Å². The molecule has 0 bridgehead atoms. The van der Waals surface area contributed by atoms with Gasteiger partial charge in [-0.25, -0.2) is 4.98 Å². The van der Waals surface area contributed by atoms with E-state index < -0.39 is 0 Å². The molecular formula is C23H23N5O. The average Bonchev–Trinajstić information content (AvgIpc) is 3.27. The molecule has 0 aliphatic heterocycles. The highest BCUT2D eigenvalue weighted by molar-refractivity contribution is 5.82. The van der Waals surface area contributed by atoms with Gasteiger partial charge in [-0.05, 0) is 41.2 Å². The van der Waals surface area contributed by atoms with Gasteiger partial charge < -0.3 is 9.88 Å². The normalized spacial score (nSPS) is 18.1. The van der Waals surface area contributed by atoms with Gasteiger partial charge in [-0.1, -0.05) is 36.4 Å². The maximum Gasteiger partial charge on any atom is 0.224 e. The van der Waals surface area contributed by atoms with Gasteiger partial charge in [0.1, 0.15) is 0 Å². The standard InChI is InChI=1S/C23H23N5O/c1-27-14-18(12-26-27)19-10-20(19)23(29)24-11-16-6-8-17(9-7-16)13-28-15-25-21-4-2-3-5-22(21)28/h2-9,12,14-15,19-20H,10-11,13H2,1H3,(H,24,29)/t19-,20+/m1/s1. The van der Waals surface area contributed by atoms with Gasteiger partial charge in [-0.2, -0.15) is 5.10 Å². The number of carbonyl (C=O) groups is 1. The molecular weight excluding hydrogens is 362 g/mol. The minimum atomic E-state index is 0.0768. The number of fused-ring (bicyclic) bond motifs is 1. The van der Waals surface area contributed by atoms with Crippen LogP contribution in [0.1, 0.15) is 29.0 Å². The lowest BCUT2D eigenvalue weighted by molar-refractivity contribution is -0.122. The van der Waals surface area contributed by atoms with E-state index in [1.165, 1.54) is 5.56 Å². The van der Waals surface area contributed by atoms with E-state index in [2.05, 4.69) is 50.3 Å². The van der Waals surface area contributed by atoms with Crippen LogP contribution < -0.4 is 5.32 Å². The maximum absolute atomic E-state index is 12.4. The third-order valence-corrected chi connectivity index (χ3v) is 5.65. The summed E-state index contributed by atoms with van der Waals surface area (Å²) in [6, 6.07) is 16.5. The molecule has 1 N–H and O–H groups in total. The van der Waals surface area contributed by atoms with Crippen LogP contribution >= 0.6 is 0 Å². The fourth-order valence-electron chi connectivity index (χ4n) is 3.90. The molecule has 6 nitrogen and oxygen atoms in total. The summed E-state index contributed by atoms with van der Waals surface area (Å²) in [5.41, 5.74) is 5.62. The van der Waals surface area contributed by atoms with Gasteiger partial charge >= 0.3 is 0 Å². The summed E-state index contributed by atoms with van der Waals surface area (Å²) in [7, 11) is 1.90. The lowest BCUT2D eigenvalue weighted by Gasteiger charge is -2.08. The molecule has 1 aliphatic rings. The summed E-state index contributed by atoms with van der Waals surface area (Å²) in [5, 5.41) is 7.27. The van der Waals surface area contributed by atoms with Crippen LogP contribution in [0.2, 0.25) is 0 Å². The Balaban J connectivity index is 1.16. The smallest absolute Gasteiger partial charge is 0.224 e. The highest BCUT2D eigenvalue weighted by atomic mass is 16.2. The van der Waals surface area contributed by atoms with Gasteiger partial charge in [0, 0.05) is 32.3 Å². The van der Waals surface area contributed by atoms with Crippen LogP contribution in [0.5, 0.6) is 0 Å². The van der Waals surface area contributed by atoms with E-state index in [4.69, 9.17) is 0 Å². The van der Waals surface area contributed by atoms with Crippen molar-refractivity contribution in [2.24, 2.45) is 13.0 Å². The number of imidazole rings is 1. The Hall–Kier alpha value is -3.41. The van der Waals surface area contributed by atoms with Gasteiger partial charge in [0.15, 0.2) is 0 Å². The predicted octanol–water partition coefficient (Wildman–Crippen LogP) is 3.24.